The summed E-state index contributed by atoms with van der Waals surface area (Å²) in [4.78, 5) is 0. The maximum Gasteiger partial charge on any atom is 0.113 e. The van der Waals surface area contributed by atoms with E-state index >= 15 is 0 Å². The molecule has 0 fully saturated rings. The van der Waals surface area contributed by atoms with Gasteiger partial charge in [0, 0.05) is 18.4 Å². The Kier molecular flexibility index (Phi) is 4.05. The molecule has 3 heteroatoms. The Bertz CT molecular complexity index is 503. The van der Waals surface area contributed by atoms with Gasteiger partial charge < -0.3 is 15.0 Å². The van der Waals surface area contributed by atoms with Crippen LogP contribution in [0.4, 0.5) is 11.5 Å². The van der Waals surface area contributed by atoms with Crippen molar-refractivity contribution in [2.24, 2.45) is 0 Å². The zero-order chi connectivity index (χ0) is 13.0. The number of rotatable bonds is 5. The first-order valence-electron chi connectivity index (χ1n) is 6.37. The van der Waals surface area contributed by atoms with E-state index in [1.54, 1.807) is 0 Å². The van der Waals surface area contributed by atoms with Crippen LogP contribution >= 0.6 is 0 Å². The largest absolute Gasteiger partial charge is 0.395 e. The number of aryl methyl sites for hydroxylation is 1. The van der Waals surface area contributed by atoms with Gasteiger partial charge in [0.2, 0.25) is 0 Å². The van der Waals surface area contributed by atoms with Crippen LogP contribution in [0.25, 0.3) is 0 Å². The molecule has 0 aliphatic rings. The van der Waals surface area contributed by atoms with Crippen LogP contribution in [0.2, 0.25) is 0 Å². The summed E-state index contributed by atoms with van der Waals surface area (Å²) in [5.41, 5.74) is 3.65. The van der Waals surface area contributed by atoms with E-state index in [9.17, 15) is 0 Å². The van der Waals surface area contributed by atoms with Crippen LogP contribution < -0.4 is 5.32 Å². The second kappa shape index (κ2) is 5.74. The molecule has 0 bridgehead atoms. The molecule has 2 aromatic rings. The zero-order valence-electron chi connectivity index (χ0n) is 11.0. The fourth-order valence-electron chi connectivity index (χ4n) is 2.18. The van der Waals surface area contributed by atoms with Crippen molar-refractivity contribution in [1.82, 2.24) is 4.57 Å². The van der Waals surface area contributed by atoms with Gasteiger partial charge in [0.1, 0.15) is 5.82 Å². The highest BCUT2D eigenvalue weighted by atomic mass is 16.3. The lowest BCUT2D eigenvalue weighted by Crippen LogP contribution is -2.05. The third kappa shape index (κ3) is 2.57. The van der Waals surface area contributed by atoms with Crippen molar-refractivity contribution >= 4 is 11.5 Å². The number of hydrogen-bond acceptors (Lipinski definition) is 2. The standard InChI is InChI=1S/C15H20N2O/c1-3-13-11-17(9-10-18)15(12(13)2)16-14-7-5-4-6-8-14/h4-8,11,16,18H,3,9-10H2,1-2H3. The number of hydrogen-bond donors (Lipinski definition) is 2. The maximum absolute atomic E-state index is 9.13. The average molecular weight is 244 g/mol. The van der Waals surface area contributed by atoms with E-state index in [1.807, 2.05) is 30.3 Å². The summed E-state index contributed by atoms with van der Waals surface area (Å²) in [7, 11) is 0. The Morgan fingerprint density at radius 3 is 2.56 bits per heavy atom. The molecule has 0 amide bonds. The molecular weight excluding hydrogens is 224 g/mol. The third-order valence-corrected chi connectivity index (χ3v) is 3.19. The highest BCUT2D eigenvalue weighted by Gasteiger charge is 2.10. The van der Waals surface area contributed by atoms with Gasteiger partial charge in [-0.15, -0.1) is 0 Å². The smallest absolute Gasteiger partial charge is 0.113 e. The van der Waals surface area contributed by atoms with Crippen LogP contribution in [0.3, 0.4) is 0 Å². The fourth-order valence-corrected chi connectivity index (χ4v) is 2.18. The van der Waals surface area contributed by atoms with E-state index in [0.29, 0.717) is 6.54 Å². The van der Waals surface area contributed by atoms with Gasteiger partial charge in [0.05, 0.1) is 6.61 Å². The van der Waals surface area contributed by atoms with Crippen LogP contribution in [0.5, 0.6) is 0 Å². The van der Waals surface area contributed by atoms with Crippen LogP contribution in [0.15, 0.2) is 36.5 Å². The molecule has 3 nitrogen and oxygen atoms in total. The van der Waals surface area contributed by atoms with Crippen LogP contribution in [0, 0.1) is 6.92 Å². The summed E-state index contributed by atoms with van der Waals surface area (Å²) in [5.74, 6) is 1.08. The molecule has 0 aliphatic heterocycles. The molecule has 1 heterocycles. The Labute approximate surface area is 108 Å². The summed E-state index contributed by atoms with van der Waals surface area (Å²) in [6.07, 6.45) is 3.13. The van der Waals surface area contributed by atoms with E-state index in [2.05, 4.69) is 29.9 Å². The van der Waals surface area contributed by atoms with Crippen LogP contribution in [0.1, 0.15) is 18.1 Å². The van der Waals surface area contributed by atoms with Crippen molar-refractivity contribution in [2.75, 3.05) is 11.9 Å². The van der Waals surface area contributed by atoms with Gasteiger partial charge in [-0.05, 0) is 36.6 Å². The van der Waals surface area contributed by atoms with Crippen molar-refractivity contribution in [3.63, 3.8) is 0 Å². The summed E-state index contributed by atoms with van der Waals surface area (Å²) < 4.78 is 2.08. The van der Waals surface area contributed by atoms with Gasteiger partial charge in [-0.2, -0.15) is 0 Å². The molecule has 0 saturated carbocycles. The molecule has 18 heavy (non-hydrogen) atoms. The normalized spacial score (nSPS) is 10.6. The summed E-state index contributed by atoms with van der Waals surface area (Å²) >= 11 is 0. The molecule has 0 atom stereocenters. The van der Waals surface area contributed by atoms with Gasteiger partial charge in [-0.25, -0.2) is 0 Å². The van der Waals surface area contributed by atoms with Crippen molar-refractivity contribution in [3.8, 4) is 0 Å². The molecule has 96 valence electrons. The van der Waals surface area contributed by atoms with E-state index < -0.39 is 0 Å². The molecule has 0 spiro atoms. The Hall–Kier alpha value is -1.74. The number of anilines is 2. The van der Waals surface area contributed by atoms with Crippen molar-refractivity contribution in [3.05, 3.63) is 47.7 Å². The number of aliphatic hydroxyl groups is 1. The number of nitrogens with zero attached hydrogens (tertiary/aromatic N) is 1. The second-order valence-corrected chi connectivity index (χ2v) is 4.39. The van der Waals surface area contributed by atoms with Gasteiger partial charge in [0.25, 0.3) is 0 Å². The molecule has 0 unspecified atom stereocenters. The Morgan fingerprint density at radius 1 is 1.22 bits per heavy atom. The highest BCUT2D eigenvalue weighted by Crippen LogP contribution is 2.25. The lowest BCUT2D eigenvalue weighted by molar-refractivity contribution is 0.277. The first-order chi connectivity index (χ1) is 8.76. The van der Waals surface area contributed by atoms with Gasteiger partial charge in [-0.1, -0.05) is 25.1 Å². The van der Waals surface area contributed by atoms with Crippen molar-refractivity contribution < 1.29 is 5.11 Å². The van der Waals surface area contributed by atoms with Gasteiger partial charge >= 0.3 is 0 Å². The molecule has 0 radical (unpaired) electrons. The topological polar surface area (TPSA) is 37.2 Å². The monoisotopic (exact) mass is 244 g/mol. The van der Waals surface area contributed by atoms with E-state index in [-0.39, 0.29) is 6.61 Å². The molecule has 2 rings (SSSR count). The number of nitrogens with one attached hydrogen (secondary N) is 1. The van der Waals surface area contributed by atoms with Crippen LogP contribution in [-0.4, -0.2) is 16.3 Å². The number of aliphatic hydroxyl groups excluding tert-OH is 1. The first kappa shape index (κ1) is 12.7. The molecule has 1 aromatic heterocycles. The maximum atomic E-state index is 9.13. The third-order valence-electron chi connectivity index (χ3n) is 3.19. The molecular formula is C15H20N2O. The summed E-state index contributed by atoms with van der Waals surface area (Å²) in [6.45, 7) is 5.05. The Morgan fingerprint density at radius 2 is 1.94 bits per heavy atom. The SMILES string of the molecule is CCc1cn(CCO)c(Nc2ccccc2)c1C. The lowest BCUT2D eigenvalue weighted by atomic mass is 10.1. The summed E-state index contributed by atoms with van der Waals surface area (Å²) in [6, 6.07) is 10.1. The van der Waals surface area contributed by atoms with Crippen LogP contribution in [-0.2, 0) is 13.0 Å². The summed E-state index contributed by atoms with van der Waals surface area (Å²) in [5, 5.41) is 12.6. The average Bonchev–Trinajstić information content (AvgIpc) is 2.69. The molecule has 1 aromatic carbocycles. The van der Waals surface area contributed by atoms with E-state index in [4.69, 9.17) is 5.11 Å². The van der Waals surface area contributed by atoms with E-state index in [0.717, 1.165) is 17.9 Å². The van der Waals surface area contributed by atoms with Crippen molar-refractivity contribution in [2.45, 2.75) is 26.8 Å². The van der Waals surface area contributed by atoms with Gasteiger partial charge in [-0.3, -0.25) is 0 Å². The minimum absolute atomic E-state index is 0.154. The van der Waals surface area contributed by atoms with Gasteiger partial charge in [0.15, 0.2) is 0 Å². The number of aromatic nitrogens is 1. The highest BCUT2D eigenvalue weighted by molar-refractivity contribution is 5.62. The lowest BCUT2D eigenvalue weighted by Gasteiger charge is -2.11. The Balaban J connectivity index is 2.33. The second-order valence-electron chi connectivity index (χ2n) is 4.39. The molecule has 0 saturated heterocycles. The number of benzene rings is 1. The quantitative estimate of drug-likeness (QED) is 0.848. The minimum Gasteiger partial charge on any atom is -0.395 e. The predicted octanol–water partition coefficient (Wildman–Crippen LogP) is 3.09. The number of para-hydroxylation sites is 1. The first-order valence-corrected chi connectivity index (χ1v) is 6.37. The van der Waals surface area contributed by atoms with E-state index in [1.165, 1.54) is 11.1 Å². The molecule has 2 N–H and O–H groups in total. The molecule has 0 aliphatic carbocycles. The minimum atomic E-state index is 0.154. The van der Waals surface area contributed by atoms with Crippen molar-refractivity contribution in [1.29, 1.82) is 0 Å². The fraction of sp³-hybridized carbons (Fsp3) is 0.333. The zero-order valence-corrected chi connectivity index (χ0v) is 11.0. The predicted molar refractivity (Wildman–Crippen MR) is 75.4 cm³/mol.